The van der Waals surface area contributed by atoms with Crippen LogP contribution in [0.2, 0.25) is 0 Å². The molecule has 5 nitrogen and oxygen atoms in total. The first-order valence-electron chi connectivity index (χ1n) is 6.58. The Morgan fingerprint density at radius 3 is 2.86 bits per heavy atom. The van der Waals surface area contributed by atoms with E-state index in [1.54, 1.807) is 11.1 Å². The summed E-state index contributed by atoms with van der Waals surface area (Å²) >= 11 is 1.45. The fraction of sp³-hybridized carbons (Fsp3) is 0.267. The van der Waals surface area contributed by atoms with Crippen molar-refractivity contribution in [3.8, 4) is 10.4 Å². The number of rotatable bonds is 3. The van der Waals surface area contributed by atoms with E-state index >= 15 is 0 Å². The molecule has 1 atom stereocenters. The van der Waals surface area contributed by atoms with Crippen LogP contribution in [0.5, 0.6) is 0 Å². The number of nitrogens with zero attached hydrogens (tertiary/aromatic N) is 2. The smallest absolute Gasteiger partial charge is 0.311 e. The Balaban J connectivity index is 1.81. The molecule has 108 valence electrons. The predicted octanol–water partition coefficient (Wildman–Crippen LogP) is 2.34. The van der Waals surface area contributed by atoms with E-state index in [9.17, 15) is 9.59 Å². The molecule has 1 aromatic carbocycles. The number of carbonyl (C=O) groups is 2. The summed E-state index contributed by atoms with van der Waals surface area (Å²) in [5.74, 6) is -0.823. The van der Waals surface area contributed by atoms with Crippen molar-refractivity contribution < 1.29 is 14.3 Å². The van der Waals surface area contributed by atoms with Gasteiger partial charge in [0.15, 0.2) is 5.13 Å². The van der Waals surface area contributed by atoms with Gasteiger partial charge in [0.25, 0.3) is 0 Å². The normalized spacial score (nSPS) is 18.0. The van der Waals surface area contributed by atoms with Gasteiger partial charge < -0.3 is 4.74 Å². The van der Waals surface area contributed by atoms with Gasteiger partial charge in [0, 0.05) is 19.2 Å². The van der Waals surface area contributed by atoms with E-state index in [1.807, 2.05) is 30.3 Å². The maximum atomic E-state index is 12.0. The van der Waals surface area contributed by atoms with Crippen LogP contribution in [0.1, 0.15) is 6.42 Å². The number of aromatic nitrogens is 1. The molecule has 2 heterocycles. The second kappa shape index (κ2) is 5.65. The molecule has 1 unspecified atom stereocenters. The molecule has 0 bridgehead atoms. The molecule has 21 heavy (non-hydrogen) atoms. The van der Waals surface area contributed by atoms with E-state index in [0.29, 0.717) is 11.7 Å². The number of benzene rings is 1. The lowest BCUT2D eigenvalue weighted by Gasteiger charge is -2.11. The number of hydrogen-bond donors (Lipinski definition) is 0. The molecule has 0 radical (unpaired) electrons. The van der Waals surface area contributed by atoms with Gasteiger partial charge in [-0.25, -0.2) is 4.98 Å². The van der Waals surface area contributed by atoms with E-state index < -0.39 is 5.92 Å². The second-order valence-electron chi connectivity index (χ2n) is 4.80. The fourth-order valence-corrected chi connectivity index (χ4v) is 3.29. The number of anilines is 1. The van der Waals surface area contributed by atoms with Crippen molar-refractivity contribution in [3.63, 3.8) is 0 Å². The molecule has 1 fully saturated rings. The molecule has 0 spiro atoms. The van der Waals surface area contributed by atoms with Crippen molar-refractivity contribution in [2.75, 3.05) is 18.6 Å². The summed E-state index contributed by atoms with van der Waals surface area (Å²) in [7, 11) is 1.34. The summed E-state index contributed by atoms with van der Waals surface area (Å²) in [6.45, 7) is 0.341. The van der Waals surface area contributed by atoms with Gasteiger partial charge in [0.1, 0.15) is 0 Å². The first-order valence-corrected chi connectivity index (χ1v) is 7.40. The maximum Gasteiger partial charge on any atom is 0.311 e. The number of thiazole rings is 1. The lowest BCUT2D eigenvalue weighted by Crippen LogP contribution is -2.25. The molecular weight excluding hydrogens is 288 g/mol. The fourth-order valence-electron chi connectivity index (χ4n) is 2.34. The minimum Gasteiger partial charge on any atom is -0.469 e. The molecule has 3 rings (SSSR count). The first-order chi connectivity index (χ1) is 10.2. The van der Waals surface area contributed by atoms with E-state index in [4.69, 9.17) is 4.74 Å². The van der Waals surface area contributed by atoms with Crippen LogP contribution in [-0.2, 0) is 14.3 Å². The zero-order chi connectivity index (χ0) is 14.8. The Bertz CT molecular complexity index is 669. The Morgan fingerprint density at radius 2 is 2.14 bits per heavy atom. The summed E-state index contributed by atoms with van der Waals surface area (Å²) in [5.41, 5.74) is 1.07. The zero-order valence-corrected chi connectivity index (χ0v) is 12.3. The third-order valence-corrected chi connectivity index (χ3v) is 4.51. The topological polar surface area (TPSA) is 59.5 Å². The molecular formula is C15H14N2O3S. The first kappa shape index (κ1) is 13.8. The molecule has 1 aliphatic rings. The largest absolute Gasteiger partial charge is 0.469 e. The van der Waals surface area contributed by atoms with Gasteiger partial charge >= 0.3 is 5.97 Å². The van der Waals surface area contributed by atoms with Crippen LogP contribution in [0.25, 0.3) is 10.4 Å². The number of methoxy groups -OCH3 is 1. The monoisotopic (exact) mass is 302 g/mol. The summed E-state index contributed by atoms with van der Waals surface area (Å²) in [4.78, 5) is 30.5. The Morgan fingerprint density at radius 1 is 1.38 bits per heavy atom. The summed E-state index contributed by atoms with van der Waals surface area (Å²) in [5, 5.41) is 0.630. The molecule has 0 aliphatic carbocycles. The average Bonchev–Trinajstić information content (AvgIpc) is 3.14. The van der Waals surface area contributed by atoms with Crippen molar-refractivity contribution in [2.45, 2.75) is 6.42 Å². The van der Waals surface area contributed by atoms with Crippen LogP contribution < -0.4 is 4.90 Å². The average molecular weight is 302 g/mol. The number of ether oxygens (including phenoxy) is 1. The SMILES string of the molecule is COC(=O)C1CC(=O)N(c2ncc(-c3ccccc3)s2)C1. The molecule has 1 amide bonds. The van der Waals surface area contributed by atoms with E-state index in [1.165, 1.54) is 18.4 Å². The number of carbonyl (C=O) groups excluding carboxylic acids is 2. The Hall–Kier alpha value is -2.21. The highest BCUT2D eigenvalue weighted by Crippen LogP contribution is 2.34. The minimum absolute atomic E-state index is 0.0839. The highest BCUT2D eigenvalue weighted by molar-refractivity contribution is 7.19. The van der Waals surface area contributed by atoms with Crippen molar-refractivity contribution in [1.29, 1.82) is 0 Å². The van der Waals surface area contributed by atoms with Crippen LogP contribution in [0.3, 0.4) is 0 Å². The van der Waals surface area contributed by atoms with E-state index in [0.717, 1.165) is 10.4 Å². The lowest BCUT2D eigenvalue weighted by molar-refractivity contribution is -0.145. The third-order valence-electron chi connectivity index (χ3n) is 3.44. The van der Waals surface area contributed by atoms with Crippen LogP contribution in [0.15, 0.2) is 36.5 Å². The van der Waals surface area contributed by atoms with Crippen molar-refractivity contribution in [2.24, 2.45) is 5.92 Å². The van der Waals surface area contributed by atoms with Gasteiger partial charge in [-0.2, -0.15) is 0 Å². The van der Waals surface area contributed by atoms with E-state index in [2.05, 4.69) is 4.98 Å². The van der Waals surface area contributed by atoms with Crippen LogP contribution in [0.4, 0.5) is 5.13 Å². The molecule has 1 aliphatic heterocycles. The molecule has 2 aromatic rings. The Kier molecular flexibility index (Phi) is 3.70. The maximum absolute atomic E-state index is 12.0. The molecule has 0 N–H and O–H groups in total. The van der Waals surface area contributed by atoms with Gasteiger partial charge in [-0.05, 0) is 5.56 Å². The van der Waals surface area contributed by atoms with Gasteiger partial charge in [-0.15, -0.1) is 0 Å². The minimum atomic E-state index is -0.397. The third kappa shape index (κ3) is 2.67. The second-order valence-corrected chi connectivity index (χ2v) is 5.81. The summed E-state index contributed by atoms with van der Waals surface area (Å²) < 4.78 is 4.71. The zero-order valence-electron chi connectivity index (χ0n) is 11.5. The quantitative estimate of drug-likeness (QED) is 0.817. The number of amides is 1. The van der Waals surface area contributed by atoms with Crippen LogP contribution in [0, 0.1) is 5.92 Å². The van der Waals surface area contributed by atoms with Crippen molar-refractivity contribution in [3.05, 3.63) is 36.5 Å². The lowest BCUT2D eigenvalue weighted by atomic mass is 10.1. The van der Waals surface area contributed by atoms with Gasteiger partial charge in [0.2, 0.25) is 5.91 Å². The highest BCUT2D eigenvalue weighted by atomic mass is 32.1. The number of esters is 1. The molecule has 0 saturated carbocycles. The van der Waals surface area contributed by atoms with Gasteiger partial charge in [-0.1, -0.05) is 41.7 Å². The van der Waals surface area contributed by atoms with Crippen molar-refractivity contribution in [1.82, 2.24) is 4.98 Å². The standard InChI is InChI=1S/C15H14N2O3S/c1-20-14(19)11-7-13(18)17(9-11)15-16-8-12(21-15)10-5-3-2-4-6-10/h2-6,8,11H,7,9H2,1H3. The van der Waals surface area contributed by atoms with Crippen LogP contribution >= 0.6 is 11.3 Å². The van der Waals surface area contributed by atoms with Crippen molar-refractivity contribution >= 4 is 28.3 Å². The highest BCUT2D eigenvalue weighted by Gasteiger charge is 2.37. The Labute approximate surface area is 126 Å². The molecule has 1 saturated heterocycles. The van der Waals surface area contributed by atoms with Gasteiger partial charge in [0.05, 0.1) is 17.9 Å². The van der Waals surface area contributed by atoms with Crippen LogP contribution in [-0.4, -0.2) is 30.5 Å². The van der Waals surface area contributed by atoms with Gasteiger partial charge in [-0.3, -0.25) is 14.5 Å². The van der Waals surface area contributed by atoms with E-state index in [-0.39, 0.29) is 18.3 Å². The number of hydrogen-bond acceptors (Lipinski definition) is 5. The summed E-state index contributed by atoms with van der Waals surface area (Å²) in [6.07, 6.45) is 1.95. The summed E-state index contributed by atoms with van der Waals surface area (Å²) in [6, 6.07) is 9.88. The molecule has 1 aromatic heterocycles. The molecule has 6 heteroatoms. The predicted molar refractivity (Wildman–Crippen MR) is 80.0 cm³/mol.